The number of imidazole rings is 1. The molecular formula is C23H13F2N5O. The van der Waals surface area contributed by atoms with Crippen molar-refractivity contribution >= 4 is 11.5 Å². The van der Waals surface area contributed by atoms with Crippen molar-refractivity contribution in [1.29, 1.82) is 0 Å². The van der Waals surface area contributed by atoms with Gasteiger partial charge in [-0.1, -0.05) is 12.1 Å². The summed E-state index contributed by atoms with van der Waals surface area (Å²) in [5, 5.41) is 8.35. The monoisotopic (exact) mass is 413 g/mol. The van der Waals surface area contributed by atoms with Gasteiger partial charge in [0.15, 0.2) is 11.5 Å². The van der Waals surface area contributed by atoms with Gasteiger partial charge in [0, 0.05) is 23.5 Å². The lowest BCUT2D eigenvalue weighted by Gasteiger charge is -2.07. The molecule has 150 valence electrons. The number of oxazole rings is 1. The van der Waals surface area contributed by atoms with Gasteiger partial charge < -0.3 is 4.42 Å². The molecule has 6 nitrogen and oxygen atoms in total. The Morgan fingerprint density at radius 3 is 2.45 bits per heavy atom. The Labute approximate surface area is 174 Å². The lowest BCUT2D eigenvalue weighted by molar-refractivity contribution is 0.596. The van der Waals surface area contributed by atoms with Gasteiger partial charge in [-0.25, -0.2) is 8.78 Å². The van der Waals surface area contributed by atoms with Crippen LogP contribution in [0.5, 0.6) is 0 Å². The van der Waals surface area contributed by atoms with Gasteiger partial charge >= 0.3 is 5.84 Å². The fourth-order valence-corrected chi connectivity index (χ4v) is 3.73. The van der Waals surface area contributed by atoms with Crippen LogP contribution < -0.4 is 0 Å². The average molecular weight is 413 g/mol. The van der Waals surface area contributed by atoms with Crippen LogP contribution in [0, 0.1) is 11.6 Å². The number of aromatic nitrogens is 5. The van der Waals surface area contributed by atoms with E-state index in [1.807, 2.05) is 16.7 Å². The van der Waals surface area contributed by atoms with Gasteiger partial charge in [-0.15, -0.1) is 10.2 Å². The van der Waals surface area contributed by atoms with Crippen LogP contribution in [-0.2, 0) is 0 Å². The van der Waals surface area contributed by atoms with Crippen LogP contribution in [0.2, 0.25) is 0 Å². The van der Waals surface area contributed by atoms with Crippen molar-refractivity contribution in [3.63, 3.8) is 0 Å². The highest BCUT2D eigenvalue weighted by Crippen LogP contribution is 2.34. The first-order chi connectivity index (χ1) is 15.2. The van der Waals surface area contributed by atoms with Gasteiger partial charge in [0.2, 0.25) is 0 Å². The fraction of sp³-hybridized carbons (Fsp3) is 0. The van der Waals surface area contributed by atoms with Crippen molar-refractivity contribution < 1.29 is 13.2 Å². The van der Waals surface area contributed by atoms with E-state index in [-0.39, 0.29) is 11.6 Å². The number of pyridine rings is 1. The van der Waals surface area contributed by atoms with Gasteiger partial charge in [0.05, 0.1) is 11.3 Å². The minimum atomic E-state index is -0.379. The van der Waals surface area contributed by atoms with E-state index in [0.717, 1.165) is 16.8 Å². The second-order valence-electron chi connectivity index (χ2n) is 7.02. The summed E-state index contributed by atoms with van der Waals surface area (Å²) < 4.78 is 36.9. The van der Waals surface area contributed by atoms with Crippen LogP contribution in [0.3, 0.4) is 0 Å². The summed E-state index contributed by atoms with van der Waals surface area (Å²) in [7, 11) is 0. The molecule has 0 aliphatic carbocycles. The SMILES string of the molecule is Fc1ccc(-c2nc3occn3c2-c2ccc3nnc(-c4ccccc4F)n3c2)cc1. The molecule has 6 rings (SSSR count). The van der Waals surface area contributed by atoms with E-state index < -0.39 is 0 Å². The topological polar surface area (TPSA) is 60.6 Å². The smallest absolute Gasteiger partial charge is 0.306 e. The van der Waals surface area contributed by atoms with E-state index in [1.54, 1.807) is 53.3 Å². The maximum absolute atomic E-state index is 14.4. The Kier molecular flexibility index (Phi) is 3.73. The van der Waals surface area contributed by atoms with Crippen molar-refractivity contribution in [2.75, 3.05) is 0 Å². The normalized spacial score (nSPS) is 11.5. The maximum atomic E-state index is 14.4. The molecule has 0 spiro atoms. The van der Waals surface area contributed by atoms with Crippen LogP contribution in [0.4, 0.5) is 8.78 Å². The molecule has 4 aromatic heterocycles. The minimum Gasteiger partial charge on any atom is -0.432 e. The Hall–Kier alpha value is -4.33. The molecule has 0 radical (unpaired) electrons. The van der Waals surface area contributed by atoms with E-state index in [9.17, 15) is 8.78 Å². The van der Waals surface area contributed by atoms with Gasteiger partial charge in [-0.05, 0) is 48.5 Å². The van der Waals surface area contributed by atoms with E-state index in [0.29, 0.717) is 28.6 Å². The molecule has 0 N–H and O–H groups in total. The highest BCUT2D eigenvalue weighted by atomic mass is 19.1. The summed E-state index contributed by atoms with van der Waals surface area (Å²) in [5.74, 6) is 0.100. The van der Waals surface area contributed by atoms with Crippen molar-refractivity contribution in [3.05, 3.63) is 91.0 Å². The van der Waals surface area contributed by atoms with E-state index in [1.165, 1.54) is 18.2 Å². The third-order valence-electron chi connectivity index (χ3n) is 5.17. The maximum Gasteiger partial charge on any atom is 0.306 e. The predicted octanol–water partition coefficient (Wildman–Crippen LogP) is 5.25. The molecule has 0 saturated heterocycles. The zero-order chi connectivity index (χ0) is 20.9. The van der Waals surface area contributed by atoms with Crippen LogP contribution >= 0.6 is 0 Å². The highest BCUT2D eigenvalue weighted by Gasteiger charge is 2.20. The molecule has 0 unspecified atom stereocenters. The number of fused-ring (bicyclic) bond motifs is 2. The van der Waals surface area contributed by atoms with Crippen LogP contribution in [0.1, 0.15) is 0 Å². The van der Waals surface area contributed by atoms with Crippen molar-refractivity contribution in [2.45, 2.75) is 0 Å². The van der Waals surface area contributed by atoms with Crippen molar-refractivity contribution in [3.8, 4) is 33.9 Å². The number of rotatable bonds is 3. The number of hydrogen-bond acceptors (Lipinski definition) is 4. The standard InChI is InChI=1S/C23H13F2N5O/c24-16-8-5-14(6-9-16)20-21(29-11-12-31-23(29)26-20)15-7-10-19-27-28-22(30(19)13-15)17-3-1-2-4-18(17)25/h1-13H. The van der Waals surface area contributed by atoms with E-state index >= 15 is 0 Å². The summed E-state index contributed by atoms with van der Waals surface area (Å²) >= 11 is 0. The second-order valence-corrected chi connectivity index (χ2v) is 7.02. The summed E-state index contributed by atoms with van der Waals surface area (Å²) in [6.45, 7) is 0. The Balaban J connectivity index is 1.60. The lowest BCUT2D eigenvalue weighted by atomic mass is 10.1. The van der Waals surface area contributed by atoms with Crippen LogP contribution in [0.25, 0.3) is 45.4 Å². The molecule has 0 atom stereocenters. The Bertz CT molecular complexity index is 1560. The van der Waals surface area contributed by atoms with E-state index in [4.69, 9.17) is 4.42 Å². The fourth-order valence-electron chi connectivity index (χ4n) is 3.73. The van der Waals surface area contributed by atoms with Crippen LogP contribution in [-0.4, -0.2) is 24.0 Å². The number of halogens is 2. The van der Waals surface area contributed by atoms with Crippen molar-refractivity contribution in [1.82, 2.24) is 24.0 Å². The molecule has 6 aromatic rings. The first kappa shape index (κ1) is 17.5. The number of benzene rings is 2. The molecule has 0 saturated carbocycles. The van der Waals surface area contributed by atoms with Gasteiger partial charge in [-0.3, -0.25) is 8.80 Å². The zero-order valence-corrected chi connectivity index (χ0v) is 15.9. The molecule has 0 fully saturated rings. The molecule has 0 aliphatic rings. The van der Waals surface area contributed by atoms with Crippen molar-refractivity contribution in [2.24, 2.45) is 0 Å². The molecule has 0 bridgehead atoms. The zero-order valence-electron chi connectivity index (χ0n) is 15.9. The first-order valence-electron chi connectivity index (χ1n) is 9.50. The molecule has 8 heteroatoms. The highest BCUT2D eigenvalue weighted by molar-refractivity contribution is 5.81. The van der Waals surface area contributed by atoms with Gasteiger partial charge in [0.1, 0.15) is 23.6 Å². The second kappa shape index (κ2) is 6.60. The summed E-state index contributed by atoms with van der Waals surface area (Å²) in [6, 6.07) is 16.2. The van der Waals surface area contributed by atoms with Crippen LogP contribution in [0.15, 0.2) is 83.7 Å². The third kappa shape index (κ3) is 2.72. The Morgan fingerprint density at radius 1 is 0.806 bits per heavy atom. The van der Waals surface area contributed by atoms with E-state index in [2.05, 4.69) is 15.2 Å². The summed E-state index contributed by atoms with van der Waals surface area (Å²) in [6.07, 6.45) is 5.14. The largest absolute Gasteiger partial charge is 0.432 e. The van der Waals surface area contributed by atoms with Gasteiger partial charge in [-0.2, -0.15) is 4.98 Å². The molecule has 0 amide bonds. The number of nitrogens with zero attached hydrogens (tertiary/aromatic N) is 5. The minimum absolute atomic E-state index is 0.325. The average Bonchev–Trinajstić information content (AvgIpc) is 3.48. The molecule has 4 heterocycles. The first-order valence-corrected chi connectivity index (χ1v) is 9.50. The molecule has 31 heavy (non-hydrogen) atoms. The Morgan fingerprint density at radius 2 is 1.61 bits per heavy atom. The molecular weight excluding hydrogens is 400 g/mol. The molecule has 2 aromatic carbocycles. The predicted molar refractivity (Wildman–Crippen MR) is 110 cm³/mol. The summed E-state index contributed by atoms with van der Waals surface area (Å²) in [4.78, 5) is 4.58. The van der Waals surface area contributed by atoms with Gasteiger partial charge in [0.25, 0.3) is 0 Å². The molecule has 0 aliphatic heterocycles. The summed E-state index contributed by atoms with van der Waals surface area (Å²) in [5.41, 5.74) is 3.86. The lowest BCUT2D eigenvalue weighted by Crippen LogP contribution is -1.95. The number of hydrogen-bond donors (Lipinski definition) is 0. The quantitative estimate of drug-likeness (QED) is 0.398. The third-order valence-corrected chi connectivity index (χ3v) is 5.17.